The van der Waals surface area contributed by atoms with Crippen molar-refractivity contribution in [3.8, 4) is 0 Å². The van der Waals surface area contributed by atoms with E-state index in [1.165, 1.54) is 13.3 Å². The topological polar surface area (TPSA) is 88.4 Å². The first-order valence-corrected chi connectivity index (χ1v) is 13.0. The van der Waals surface area contributed by atoms with Gasteiger partial charge in [-0.25, -0.2) is 15.0 Å². The number of rotatable bonds is 5. The lowest BCUT2D eigenvalue weighted by molar-refractivity contribution is -0.150. The third kappa shape index (κ3) is 4.29. The highest BCUT2D eigenvalue weighted by atomic mass is 79.9. The fourth-order valence-corrected chi connectivity index (χ4v) is 4.28. The Balaban J connectivity index is 1.80. The predicted molar refractivity (Wildman–Crippen MR) is 110 cm³/mol. The Kier molecular flexibility index (Phi) is 5.95. The number of hydrogen-bond acceptors (Lipinski definition) is 7. The van der Waals surface area contributed by atoms with Gasteiger partial charge in [-0.15, -0.1) is 0 Å². The van der Waals surface area contributed by atoms with E-state index in [9.17, 15) is 4.79 Å². The minimum atomic E-state index is -1.95. The Morgan fingerprint density at radius 2 is 2.07 bits per heavy atom. The molecule has 1 saturated heterocycles. The molecule has 0 N–H and O–H groups in total. The third-order valence-corrected chi connectivity index (χ3v) is 10.6. The largest absolute Gasteiger partial charge is 0.460 e. The zero-order valence-corrected chi connectivity index (χ0v) is 19.7. The number of carbonyl (C=O) groups excluding carboxylic acids is 1. The summed E-state index contributed by atoms with van der Waals surface area (Å²) in [7, 11) is -1.95. The Morgan fingerprint density at radius 3 is 2.71 bits per heavy atom. The van der Waals surface area contributed by atoms with Crippen LogP contribution in [0.4, 0.5) is 0 Å². The fourth-order valence-electron chi connectivity index (χ4n) is 2.90. The van der Waals surface area contributed by atoms with E-state index in [-0.39, 0.29) is 29.4 Å². The molecule has 1 fully saturated rings. The highest BCUT2D eigenvalue weighted by Crippen LogP contribution is 2.38. The van der Waals surface area contributed by atoms with E-state index in [1.54, 1.807) is 6.33 Å². The molecule has 0 saturated carbocycles. The number of esters is 1. The van der Waals surface area contributed by atoms with Gasteiger partial charge in [0.25, 0.3) is 0 Å². The number of aromatic nitrogens is 4. The molecule has 3 atom stereocenters. The van der Waals surface area contributed by atoms with Gasteiger partial charge in [0.15, 0.2) is 14.0 Å². The third-order valence-electron chi connectivity index (χ3n) is 5.54. The maximum atomic E-state index is 11.6. The van der Waals surface area contributed by atoms with Crippen molar-refractivity contribution < 1.29 is 18.7 Å². The van der Waals surface area contributed by atoms with Crippen LogP contribution in [0.5, 0.6) is 0 Å². The molecule has 0 bridgehead atoms. The summed E-state index contributed by atoms with van der Waals surface area (Å²) >= 11 is 3.39. The highest BCUT2D eigenvalue weighted by Gasteiger charge is 2.43. The second-order valence-corrected chi connectivity index (χ2v) is 14.1. The van der Waals surface area contributed by atoms with Crippen LogP contribution in [-0.4, -0.2) is 52.6 Å². The zero-order valence-electron chi connectivity index (χ0n) is 17.1. The van der Waals surface area contributed by atoms with Crippen LogP contribution < -0.4 is 0 Å². The summed E-state index contributed by atoms with van der Waals surface area (Å²) in [5.74, 6) is -0.327. The summed E-state index contributed by atoms with van der Waals surface area (Å²) in [6.45, 7) is 12.8. The normalized spacial score (nSPS) is 23.3. The Bertz CT molecular complexity index is 867. The van der Waals surface area contributed by atoms with E-state index in [0.29, 0.717) is 28.8 Å². The summed E-state index contributed by atoms with van der Waals surface area (Å²) in [6, 6.07) is 0. The van der Waals surface area contributed by atoms with Gasteiger partial charge in [0, 0.05) is 13.3 Å². The van der Waals surface area contributed by atoms with E-state index in [0.717, 1.165) is 0 Å². The van der Waals surface area contributed by atoms with E-state index in [4.69, 9.17) is 13.9 Å². The van der Waals surface area contributed by atoms with Gasteiger partial charge in [0.1, 0.15) is 34.9 Å². The van der Waals surface area contributed by atoms with Crippen molar-refractivity contribution in [3.63, 3.8) is 0 Å². The number of hydrogen-bond donors (Lipinski definition) is 0. The second-order valence-electron chi connectivity index (χ2n) is 8.57. The molecule has 2 aromatic rings. The summed E-state index contributed by atoms with van der Waals surface area (Å²) in [5.41, 5.74) is 1.33. The summed E-state index contributed by atoms with van der Waals surface area (Å²) in [4.78, 5) is 24.4. The van der Waals surface area contributed by atoms with Gasteiger partial charge in [-0.2, -0.15) is 0 Å². The van der Waals surface area contributed by atoms with Crippen molar-refractivity contribution in [2.45, 2.75) is 70.7 Å². The minimum Gasteiger partial charge on any atom is -0.460 e. The van der Waals surface area contributed by atoms with Gasteiger partial charge >= 0.3 is 5.97 Å². The monoisotopic (exact) mass is 470 g/mol. The number of imidazole rings is 1. The van der Waals surface area contributed by atoms with Gasteiger partial charge in [0.2, 0.25) is 0 Å². The molecule has 0 aromatic carbocycles. The van der Waals surface area contributed by atoms with Gasteiger partial charge < -0.3 is 13.9 Å². The van der Waals surface area contributed by atoms with Crippen molar-refractivity contribution in [2.75, 3.05) is 6.61 Å². The lowest BCUT2D eigenvalue weighted by Crippen LogP contribution is -2.44. The van der Waals surface area contributed by atoms with Crippen LogP contribution in [0.1, 0.15) is 40.3 Å². The second kappa shape index (κ2) is 7.81. The first-order chi connectivity index (χ1) is 13.0. The van der Waals surface area contributed by atoms with Gasteiger partial charge in [-0.3, -0.25) is 9.36 Å². The number of nitrogens with zero attached hydrogens (tertiary/aromatic N) is 4. The van der Waals surface area contributed by atoms with Crippen LogP contribution in [0.3, 0.4) is 0 Å². The first kappa shape index (κ1) is 21.3. The summed E-state index contributed by atoms with van der Waals surface area (Å²) in [6.07, 6.45) is 2.60. The van der Waals surface area contributed by atoms with Crippen LogP contribution in [0, 0.1) is 0 Å². The average Bonchev–Trinajstić information content (AvgIpc) is 3.16. The van der Waals surface area contributed by atoms with E-state index in [1.807, 2.05) is 4.57 Å². The van der Waals surface area contributed by atoms with Crippen LogP contribution in [-0.2, 0) is 18.7 Å². The molecule has 0 amide bonds. The lowest BCUT2D eigenvalue weighted by atomic mass is 10.2. The first-order valence-electron chi connectivity index (χ1n) is 9.29. The SMILES string of the molecule is CC(=O)O[C@H]1C[C@H](n2cnc3c(Br)ncnc32)O[C@@H]1CO[Si](C)(C)C(C)(C)C. The van der Waals surface area contributed by atoms with Crippen LogP contribution in [0.2, 0.25) is 18.1 Å². The molecule has 0 spiro atoms. The molecule has 3 heterocycles. The maximum Gasteiger partial charge on any atom is 0.302 e. The molecule has 3 rings (SSSR count). The van der Waals surface area contributed by atoms with Gasteiger partial charge in [-0.05, 0) is 34.1 Å². The average molecular weight is 471 g/mol. The molecule has 154 valence electrons. The van der Waals surface area contributed by atoms with Crippen molar-refractivity contribution in [3.05, 3.63) is 17.3 Å². The predicted octanol–water partition coefficient (Wildman–Crippen LogP) is 3.83. The highest BCUT2D eigenvalue weighted by molar-refractivity contribution is 9.10. The molecular weight excluding hydrogens is 444 g/mol. The lowest BCUT2D eigenvalue weighted by Gasteiger charge is -2.37. The summed E-state index contributed by atoms with van der Waals surface area (Å²) < 4.78 is 20.6. The van der Waals surface area contributed by atoms with E-state index in [2.05, 4.69) is 64.7 Å². The number of carbonyl (C=O) groups is 1. The molecule has 1 aliphatic heterocycles. The van der Waals surface area contributed by atoms with Crippen LogP contribution >= 0.6 is 15.9 Å². The quantitative estimate of drug-likeness (QED) is 0.372. The number of fused-ring (bicyclic) bond motifs is 1. The molecule has 10 heteroatoms. The van der Waals surface area contributed by atoms with Gasteiger partial charge in [0.05, 0.1) is 12.9 Å². The van der Waals surface area contributed by atoms with Crippen LogP contribution in [0.15, 0.2) is 17.3 Å². The van der Waals surface area contributed by atoms with E-state index >= 15 is 0 Å². The Morgan fingerprint density at radius 1 is 1.36 bits per heavy atom. The van der Waals surface area contributed by atoms with E-state index < -0.39 is 8.32 Å². The number of ether oxygens (including phenoxy) is 2. The maximum absolute atomic E-state index is 11.6. The molecule has 0 radical (unpaired) electrons. The molecule has 0 unspecified atom stereocenters. The molecule has 2 aromatic heterocycles. The van der Waals surface area contributed by atoms with Crippen molar-refractivity contribution in [2.24, 2.45) is 0 Å². The molecule has 8 nitrogen and oxygen atoms in total. The fraction of sp³-hybridized carbons (Fsp3) is 0.667. The Labute approximate surface area is 174 Å². The van der Waals surface area contributed by atoms with Crippen molar-refractivity contribution >= 4 is 41.4 Å². The van der Waals surface area contributed by atoms with Crippen molar-refractivity contribution in [1.82, 2.24) is 19.5 Å². The smallest absolute Gasteiger partial charge is 0.302 e. The zero-order chi connectivity index (χ0) is 20.7. The molecule has 0 aliphatic carbocycles. The molecule has 28 heavy (non-hydrogen) atoms. The van der Waals surface area contributed by atoms with Crippen molar-refractivity contribution in [1.29, 1.82) is 0 Å². The molecule has 1 aliphatic rings. The van der Waals surface area contributed by atoms with Crippen LogP contribution in [0.25, 0.3) is 11.2 Å². The summed E-state index contributed by atoms with van der Waals surface area (Å²) in [5, 5.41) is 0.0890. The Hall–Kier alpha value is -1.36. The standard InChI is InChI=1S/C18H27BrN4O4Si/c1-11(24)26-12-7-14(23-10-22-15-16(19)20-9-21-17(15)23)27-13(12)8-25-28(5,6)18(2,3)4/h9-10,12-14H,7-8H2,1-6H3/t12-,13+,14+/m0/s1. The molecular formula is C18H27BrN4O4Si. The minimum absolute atomic E-state index is 0.0890. The van der Waals surface area contributed by atoms with Gasteiger partial charge in [-0.1, -0.05) is 20.8 Å². The number of halogens is 1.